The summed E-state index contributed by atoms with van der Waals surface area (Å²) in [6.45, 7) is 0. The van der Waals surface area contributed by atoms with E-state index in [-0.39, 0.29) is 5.69 Å². The Morgan fingerprint density at radius 1 is 1.40 bits per heavy atom. The highest BCUT2D eigenvalue weighted by molar-refractivity contribution is 7.99. The van der Waals surface area contributed by atoms with Gasteiger partial charge in [-0.1, -0.05) is 18.2 Å². The van der Waals surface area contributed by atoms with E-state index in [0.717, 1.165) is 10.9 Å². The second-order valence-electron chi connectivity index (χ2n) is 4.12. The molecule has 0 bridgehead atoms. The number of hydrogen-bond acceptors (Lipinski definition) is 5. The first-order valence-corrected chi connectivity index (χ1v) is 6.60. The first-order valence-electron chi connectivity index (χ1n) is 5.78. The zero-order valence-corrected chi connectivity index (χ0v) is 11.3. The molecule has 3 rings (SSSR count). The maximum Gasteiger partial charge on any atom is 0.343 e. The summed E-state index contributed by atoms with van der Waals surface area (Å²) in [5.74, 6) is 0. The second-order valence-corrected chi connectivity index (χ2v) is 5.07. The number of para-hydroxylation sites is 1. The van der Waals surface area contributed by atoms with Crippen LogP contribution in [-0.2, 0) is 7.05 Å². The van der Waals surface area contributed by atoms with Gasteiger partial charge in [0.15, 0.2) is 5.16 Å². The maximum atomic E-state index is 11.3. The van der Waals surface area contributed by atoms with E-state index in [1.807, 2.05) is 24.3 Å². The number of nitrogens with one attached hydrogen (secondary N) is 1. The molecule has 0 aliphatic rings. The fourth-order valence-corrected chi connectivity index (χ4v) is 2.61. The molecule has 2 aromatic heterocycles. The van der Waals surface area contributed by atoms with Crippen molar-refractivity contribution < 1.29 is 0 Å². The molecule has 6 nitrogen and oxygen atoms in total. The lowest BCUT2D eigenvalue weighted by Gasteiger charge is -2.04. The van der Waals surface area contributed by atoms with Crippen LogP contribution in [0.1, 0.15) is 5.56 Å². The number of hydrogen-bond donors (Lipinski definition) is 1. The summed E-state index contributed by atoms with van der Waals surface area (Å²) in [7, 11) is 1.61. The highest BCUT2D eigenvalue weighted by atomic mass is 32.2. The van der Waals surface area contributed by atoms with E-state index in [1.165, 1.54) is 16.3 Å². The summed E-state index contributed by atoms with van der Waals surface area (Å²) >= 11 is 1.19. The quantitative estimate of drug-likeness (QED) is 0.773. The predicted octanol–water partition coefficient (Wildman–Crippen LogP) is 1.68. The molecule has 0 saturated heterocycles. The van der Waals surface area contributed by atoms with E-state index in [2.05, 4.69) is 21.3 Å². The summed E-state index contributed by atoms with van der Waals surface area (Å²) in [4.78, 5) is 15.8. The molecule has 0 radical (unpaired) electrons. The van der Waals surface area contributed by atoms with E-state index in [4.69, 9.17) is 0 Å². The molecule has 7 heteroatoms. The van der Waals surface area contributed by atoms with Gasteiger partial charge in [-0.3, -0.25) is 4.57 Å². The van der Waals surface area contributed by atoms with Gasteiger partial charge in [0, 0.05) is 12.4 Å². The number of aromatic nitrogens is 4. The normalized spacial score (nSPS) is 10.6. The van der Waals surface area contributed by atoms with Gasteiger partial charge in [0.2, 0.25) is 0 Å². The van der Waals surface area contributed by atoms with E-state index in [9.17, 15) is 10.1 Å². The molecular weight excluding hydrogens is 274 g/mol. The minimum absolute atomic E-state index is 0.299. The number of fused-ring (bicyclic) bond motifs is 1. The van der Waals surface area contributed by atoms with Crippen molar-refractivity contribution in [2.45, 2.75) is 10.2 Å². The van der Waals surface area contributed by atoms with Crippen molar-refractivity contribution in [2.75, 3.05) is 0 Å². The van der Waals surface area contributed by atoms with Crippen molar-refractivity contribution in [3.8, 4) is 6.07 Å². The third kappa shape index (κ3) is 2.06. The van der Waals surface area contributed by atoms with Gasteiger partial charge in [0.1, 0.15) is 11.1 Å². The average molecular weight is 283 g/mol. The molecular formula is C13H9N5OS. The van der Waals surface area contributed by atoms with Crippen LogP contribution in [0, 0.1) is 11.3 Å². The van der Waals surface area contributed by atoms with Crippen LogP contribution in [0.4, 0.5) is 0 Å². The molecule has 98 valence electrons. The third-order valence-electron chi connectivity index (χ3n) is 2.84. The predicted molar refractivity (Wildman–Crippen MR) is 74.4 cm³/mol. The van der Waals surface area contributed by atoms with Gasteiger partial charge in [-0.15, -0.1) is 5.10 Å². The Kier molecular flexibility index (Phi) is 3.00. The van der Waals surface area contributed by atoms with Gasteiger partial charge in [0.05, 0.1) is 11.1 Å². The van der Waals surface area contributed by atoms with Crippen LogP contribution in [-0.4, -0.2) is 19.7 Å². The molecule has 0 unspecified atom stereocenters. The SMILES string of the molecule is Cn1c(Sc2nc3ccccc3cc2C#N)n[nH]c1=O. The van der Waals surface area contributed by atoms with Gasteiger partial charge < -0.3 is 0 Å². The van der Waals surface area contributed by atoms with Crippen LogP contribution >= 0.6 is 11.8 Å². The van der Waals surface area contributed by atoms with E-state index in [0.29, 0.717) is 15.7 Å². The molecule has 0 atom stereocenters. The van der Waals surface area contributed by atoms with Crippen LogP contribution in [0.2, 0.25) is 0 Å². The number of aromatic amines is 1. The van der Waals surface area contributed by atoms with Gasteiger partial charge in [-0.25, -0.2) is 14.9 Å². The Morgan fingerprint density at radius 3 is 2.90 bits per heavy atom. The fraction of sp³-hybridized carbons (Fsp3) is 0.0769. The van der Waals surface area contributed by atoms with Crippen molar-refractivity contribution in [1.29, 1.82) is 5.26 Å². The zero-order valence-electron chi connectivity index (χ0n) is 10.5. The van der Waals surface area contributed by atoms with Crippen molar-refractivity contribution >= 4 is 22.7 Å². The van der Waals surface area contributed by atoms with Crippen LogP contribution in [0.3, 0.4) is 0 Å². The second kappa shape index (κ2) is 4.83. The average Bonchev–Trinajstić information content (AvgIpc) is 2.78. The van der Waals surface area contributed by atoms with Crippen LogP contribution in [0.15, 0.2) is 45.3 Å². The summed E-state index contributed by atoms with van der Waals surface area (Å²) in [5, 5.41) is 17.4. The number of pyridine rings is 1. The van der Waals surface area contributed by atoms with Crippen LogP contribution < -0.4 is 5.69 Å². The van der Waals surface area contributed by atoms with Gasteiger partial charge in [-0.2, -0.15) is 5.26 Å². The minimum atomic E-state index is -0.299. The van der Waals surface area contributed by atoms with Gasteiger partial charge in [0.25, 0.3) is 0 Å². The summed E-state index contributed by atoms with van der Waals surface area (Å²) in [6.07, 6.45) is 0. The molecule has 20 heavy (non-hydrogen) atoms. The van der Waals surface area contributed by atoms with E-state index >= 15 is 0 Å². The summed E-state index contributed by atoms with van der Waals surface area (Å²) in [5.41, 5.74) is 0.963. The number of benzene rings is 1. The molecule has 3 aromatic rings. The van der Waals surface area contributed by atoms with Crippen molar-refractivity contribution in [1.82, 2.24) is 19.7 Å². The highest BCUT2D eigenvalue weighted by Crippen LogP contribution is 2.28. The summed E-state index contributed by atoms with van der Waals surface area (Å²) < 4.78 is 1.38. The lowest BCUT2D eigenvalue weighted by molar-refractivity contribution is 0.765. The van der Waals surface area contributed by atoms with Crippen molar-refractivity contribution in [3.63, 3.8) is 0 Å². The molecule has 0 fully saturated rings. The monoisotopic (exact) mass is 283 g/mol. The Bertz CT molecular complexity index is 890. The topological polar surface area (TPSA) is 87.4 Å². The zero-order chi connectivity index (χ0) is 14.1. The van der Waals surface area contributed by atoms with E-state index < -0.39 is 0 Å². The molecule has 0 amide bonds. The summed E-state index contributed by atoms with van der Waals surface area (Å²) in [6, 6.07) is 11.5. The first kappa shape index (κ1) is 12.4. The number of nitrogens with zero attached hydrogens (tertiary/aromatic N) is 4. The Labute approximate surface area is 118 Å². The maximum absolute atomic E-state index is 11.3. The minimum Gasteiger partial charge on any atom is -0.273 e. The Morgan fingerprint density at radius 2 is 2.20 bits per heavy atom. The molecule has 0 saturated carbocycles. The van der Waals surface area contributed by atoms with E-state index in [1.54, 1.807) is 13.1 Å². The molecule has 0 spiro atoms. The number of H-pyrrole nitrogens is 1. The van der Waals surface area contributed by atoms with Crippen LogP contribution in [0.5, 0.6) is 0 Å². The lowest BCUT2D eigenvalue weighted by atomic mass is 10.2. The van der Waals surface area contributed by atoms with Crippen molar-refractivity contribution in [2.24, 2.45) is 7.05 Å². The van der Waals surface area contributed by atoms with Crippen LogP contribution in [0.25, 0.3) is 10.9 Å². The molecule has 1 aromatic carbocycles. The largest absolute Gasteiger partial charge is 0.343 e. The number of rotatable bonds is 2. The highest BCUT2D eigenvalue weighted by Gasteiger charge is 2.12. The Balaban J connectivity index is 2.13. The fourth-order valence-electron chi connectivity index (χ4n) is 1.77. The van der Waals surface area contributed by atoms with Gasteiger partial charge >= 0.3 is 5.69 Å². The third-order valence-corrected chi connectivity index (χ3v) is 3.89. The first-order chi connectivity index (χ1) is 9.69. The molecule has 2 heterocycles. The smallest absolute Gasteiger partial charge is 0.273 e. The Hall–Kier alpha value is -2.59. The number of nitriles is 1. The lowest BCUT2D eigenvalue weighted by Crippen LogP contribution is -2.12. The van der Waals surface area contributed by atoms with Crippen molar-refractivity contribution in [3.05, 3.63) is 46.4 Å². The van der Waals surface area contributed by atoms with Gasteiger partial charge in [-0.05, 0) is 23.9 Å². The molecule has 1 N–H and O–H groups in total. The molecule has 0 aliphatic heterocycles. The standard InChI is InChI=1S/C13H9N5OS/c1-18-12(19)16-17-13(18)20-11-9(7-14)6-8-4-2-3-5-10(8)15-11/h2-6H,1H3,(H,16,19). The molecule has 0 aliphatic carbocycles.